The second-order valence-corrected chi connectivity index (χ2v) is 7.89. The first-order valence-corrected chi connectivity index (χ1v) is 10.3. The van der Waals surface area contributed by atoms with Crippen LogP contribution in [0.1, 0.15) is 40.0 Å². The zero-order valence-electron chi connectivity index (χ0n) is 16.8. The van der Waals surface area contributed by atoms with E-state index in [4.69, 9.17) is 11.6 Å². The Balaban J connectivity index is 1.48. The minimum absolute atomic E-state index is 0.0496. The van der Waals surface area contributed by atoms with Crippen LogP contribution in [0.3, 0.4) is 0 Å². The first-order chi connectivity index (χ1) is 15.3. The van der Waals surface area contributed by atoms with Crippen molar-refractivity contribution in [1.29, 1.82) is 0 Å². The highest BCUT2D eigenvalue weighted by Gasteiger charge is 2.50. The maximum atomic E-state index is 14.5. The summed E-state index contributed by atoms with van der Waals surface area (Å²) in [5.41, 5.74) is -0.401. The Hall–Kier alpha value is -3.56. The van der Waals surface area contributed by atoms with Gasteiger partial charge in [0.1, 0.15) is 5.82 Å². The van der Waals surface area contributed by atoms with Gasteiger partial charge in [-0.15, -0.1) is 0 Å². The molecule has 2 aromatic carbocycles. The Morgan fingerprint density at radius 1 is 1.06 bits per heavy atom. The molecule has 7 heteroatoms. The quantitative estimate of drug-likeness (QED) is 0.432. The second kappa shape index (κ2) is 8.89. The van der Waals surface area contributed by atoms with Crippen LogP contribution in [0.15, 0.2) is 60.8 Å². The molecule has 32 heavy (non-hydrogen) atoms. The number of hydrogen-bond acceptors (Lipinski definition) is 3. The van der Waals surface area contributed by atoms with Crippen LogP contribution < -0.4 is 5.32 Å². The summed E-state index contributed by atoms with van der Waals surface area (Å²) >= 11 is 6.12. The van der Waals surface area contributed by atoms with E-state index in [9.17, 15) is 18.4 Å². The molecule has 1 aliphatic rings. The van der Waals surface area contributed by atoms with Crippen molar-refractivity contribution in [2.24, 2.45) is 0 Å². The van der Waals surface area contributed by atoms with E-state index in [1.807, 2.05) is 30.3 Å². The summed E-state index contributed by atoms with van der Waals surface area (Å²) in [7, 11) is 0. The number of hydrogen-bond donors (Lipinski definition) is 1. The molecule has 1 fully saturated rings. The molecule has 1 aromatic heterocycles. The van der Waals surface area contributed by atoms with E-state index in [2.05, 4.69) is 22.1 Å². The van der Waals surface area contributed by atoms with Crippen molar-refractivity contribution < 1.29 is 18.4 Å². The molecule has 1 aliphatic carbocycles. The minimum Gasteiger partial charge on any atom is -0.323 e. The van der Waals surface area contributed by atoms with Crippen LogP contribution in [0.25, 0.3) is 0 Å². The lowest BCUT2D eigenvalue weighted by molar-refractivity contribution is -0.122. The SMILES string of the molecule is O=C(Cc1ncc(C#Cc2ccccc2)cc1F)c1cc(NC(=O)C2(F)CC2)ccc1Cl. The van der Waals surface area contributed by atoms with Gasteiger partial charge in [0, 0.05) is 28.6 Å². The number of carbonyl (C=O) groups excluding carboxylic acids is 2. The predicted octanol–water partition coefficient (Wildman–Crippen LogP) is 5.14. The smallest absolute Gasteiger partial charge is 0.262 e. The number of aromatic nitrogens is 1. The third-order valence-electron chi connectivity index (χ3n) is 4.99. The Kier molecular flexibility index (Phi) is 6.02. The van der Waals surface area contributed by atoms with Gasteiger partial charge in [0.15, 0.2) is 11.5 Å². The molecular weight excluding hydrogens is 434 g/mol. The Bertz CT molecular complexity index is 1260. The molecule has 0 saturated heterocycles. The van der Waals surface area contributed by atoms with Crippen LogP contribution in [0.4, 0.5) is 14.5 Å². The molecule has 0 radical (unpaired) electrons. The lowest BCUT2D eigenvalue weighted by Crippen LogP contribution is -2.25. The zero-order chi connectivity index (χ0) is 22.7. The number of nitrogens with zero attached hydrogens (tertiary/aromatic N) is 1. The fourth-order valence-electron chi connectivity index (χ4n) is 2.97. The minimum atomic E-state index is -1.85. The number of rotatable bonds is 5. The number of amides is 1. The number of Topliss-reactive ketones (excluding diaryl/α,β-unsaturated/α-hetero) is 1. The van der Waals surface area contributed by atoms with Crippen LogP contribution >= 0.6 is 11.6 Å². The molecule has 0 spiro atoms. The summed E-state index contributed by atoms with van der Waals surface area (Å²) in [6.45, 7) is 0. The maximum absolute atomic E-state index is 14.5. The summed E-state index contributed by atoms with van der Waals surface area (Å²) < 4.78 is 28.4. The van der Waals surface area contributed by atoms with Gasteiger partial charge < -0.3 is 5.32 Å². The largest absolute Gasteiger partial charge is 0.323 e. The average molecular weight is 451 g/mol. The molecule has 1 saturated carbocycles. The predicted molar refractivity (Wildman–Crippen MR) is 118 cm³/mol. The highest BCUT2D eigenvalue weighted by molar-refractivity contribution is 6.34. The molecule has 3 aromatic rings. The summed E-state index contributed by atoms with van der Waals surface area (Å²) in [6, 6.07) is 14.7. The van der Waals surface area contributed by atoms with Crippen LogP contribution in [0.2, 0.25) is 5.02 Å². The van der Waals surface area contributed by atoms with Gasteiger partial charge in [0.2, 0.25) is 0 Å². The van der Waals surface area contributed by atoms with E-state index in [1.54, 1.807) is 0 Å². The topological polar surface area (TPSA) is 59.1 Å². The van der Waals surface area contributed by atoms with E-state index in [0.29, 0.717) is 5.56 Å². The Morgan fingerprint density at radius 2 is 1.78 bits per heavy atom. The zero-order valence-corrected chi connectivity index (χ0v) is 17.5. The number of pyridine rings is 1. The van der Waals surface area contributed by atoms with E-state index >= 15 is 0 Å². The average Bonchev–Trinajstić information content (AvgIpc) is 3.54. The van der Waals surface area contributed by atoms with E-state index in [0.717, 1.165) is 5.56 Å². The standard InChI is InChI=1S/C25H17ClF2N2O2/c26-20-9-8-18(30-24(32)25(28)10-11-25)13-19(20)23(31)14-22-21(27)12-17(15-29-22)7-6-16-4-2-1-3-5-16/h1-5,8-9,12-13,15H,10-11,14H2,(H,30,32). The van der Waals surface area contributed by atoms with E-state index < -0.39 is 23.2 Å². The van der Waals surface area contributed by atoms with Gasteiger partial charge in [-0.05, 0) is 49.2 Å². The number of halogens is 3. The van der Waals surface area contributed by atoms with Gasteiger partial charge >= 0.3 is 0 Å². The maximum Gasteiger partial charge on any atom is 0.262 e. The molecule has 0 aliphatic heterocycles. The van der Waals surface area contributed by atoms with Crippen LogP contribution in [0, 0.1) is 17.7 Å². The van der Waals surface area contributed by atoms with Gasteiger partial charge in [0.25, 0.3) is 5.91 Å². The summed E-state index contributed by atoms with van der Waals surface area (Å²) in [4.78, 5) is 28.7. The lowest BCUT2D eigenvalue weighted by atomic mass is 10.0. The normalized spacial score (nSPS) is 13.6. The van der Waals surface area contributed by atoms with Crippen LogP contribution in [-0.2, 0) is 11.2 Å². The molecule has 4 rings (SSSR count). The number of alkyl halides is 1. The highest BCUT2D eigenvalue weighted by atomic mass is 35.5. The van der Waals surface area contributed by atoms with Gasteiger partial charge in [-0.3, -0.25) is 14.6 Å². The van der Waals surface area contributed by atoms with Crippen molar-refractivity contribution in [3.8, 4) is 11.8 Å². The van der Waals surface area contributed by atoms with Crippen molar-refractivity contribution in [3.05, 3.63) is 94.0 Å². The number of carbonyl (C=O) groups is 2. The molecule has 1 N–H and O–H groups in total. The molecular formula is C25H17ClF2N2O2. The number of benzene rings is 2. The summed E-state index contributed by atoms with van der Waals surface area (Å²) in [6.07, 6.45) is 1.42. The van der Waals surface area contributed by atoms with Crippen LogP contribution in [-0.4, -0.2) is 22.3 Å². The molecule has 4 nitrogen and oxygen atoms in total. The molecule has 1 amide bonds. The Labute approximate surface area is 188 Å². The first-order valence-electron chi connectivity index (χ1n) is 9.89. The van der Waals surface area contributed by atoms with Gasteiger partial charge in [-0.2, -0.15) is 0 Å². The fourth-order valence-corrected chi connectivity index (χ4v) is 3.20. The fraction of sp³-hybridized carbons (Fsp3) is 0.160. The molecule has 0 unspecified atom stereocenters. The third-order valence-corrected chi connectivity index (χ3v) is 5.32. The summed E-state index contributed by atoms with van der Waals surface area (Å²) in [5.74, 6) is 3.86. The highest BCUT2D eigenvalue weighted by Crippen LogP contribution is 2.40. The van der Waals surface area contributed by atoms with Gasteiger partial charge in [0.05, 0.1) is 17.1 Å². The number of anilines is 1. The molecule has 0 atom stereocenters. The van der Waals surface area contributed by atoms with Crippen LogP contribution in [0.5, 0.6) is 0 Å². The lowest BCUT2D eigenvalue weighted by Gasteiger charge is -2.10. The second-order valence-electron chi connectivity index (χ2n) is 7.48. The third kappa shape index (κ3) is 5.01. The number of ketones is 1. The van der Waals surface area contributed by atoms with Crippen molar-refractivity contribution >= 4 is 29.0 Å². The molecule has 0 bridgehead atoms. The van der Waals surface area contributed by atoms with Crippen molar-refractivity contribution in [2.75, 3.05) is 5.32 Å². The molecule has 1 heterocycles. The summed E-state index contributed by atoms with van der Waals surface area (Å²) in [5, 5.41) is 2.59. The van der Waals surface area contributed by atoms with Crippen molar-refractivity contribution in [3.63, 3.8) is 0 Å². The van der Waals surface area contributed by atoms with Gasteiger partial charge in [-0.25, -0.2) is 8.78 Å². The molecule has 160 valence electrons. The van der Waals surface area contributed by atoms with E-state index in [-0.39, 0.29) is 41.2 Å². The van der Waals surface area contributed by atoms with Gasteiger partial charge in [-0.1, -0.05) is 41.6 Å². The first kappa shape index (κ1) is 21.7. The van der Waals surface area contributed by atoms with E-state index in [1.165, 1.54) is 30.5 Å². The Morgan fingerprint density at radius 3 is 2.47 bits per heavy atom. The number of nitrogens with one attached hydrogen (secondary N) is 1. The van der Waals surface area contributed by atoms with Crippen molar-refractivity contribution in [1.82, 2.24) is 4.98 Å². The van der Waals surface area contributed by atoms with Crippen molar-refractivity contribution in [2.45, 2.75) is 24.9 Å². The monoisotopic (exact) mass is 450 g/mol.